The first-order chi connectivity index (χ1) is 9.48. The fourth-order valence-electron chi connectivity index (χ4n) is 2.87. The third-order valence-electron chi connectivity index (χ3n) is 3.80. The summed E-state index contributed by atoms with van der Waals surface area (Å²) in [5, 5.41) is 1.04. The van der Waals surface area contributed by atoms with Gasteiger partial charge >= 0.3 is 0 Å². The number of hydrogen-bond acceptors (Lipinski definition) is 4. The minimum Gasteiger partial charge on any atom is -0.497 e. The predicted molar refractivity (Wildman–Crippen MR) is 83.1 cm³/mol. The van der Waals surface area contributed by atoms with Crippen LogP contribution < -0.4 is 10.5 Å². The monoisotopic (exact) mass is 288 g/mol. The summed E-state index contributed by atoms with van der Waals surface area (Å²) in [5.41, 5.74) is 8.84. The summed E-state index contributed by atoms with van der Waals surface area (Å²) in [4.78, 5) is 6.08. The molecule has 0 bridgehead atoms. The van der Waals surface area contributed by atoms with Gasteiger partial charge in [0.1, 0.15) is 10.8 Å². The Kier molecular flexibility index (Phi) is 3.30. The Morgan fingerprint density at radius 1 is 1.40 bits per heavy atom. The second-order valence-electron chi connectivity index (χ2n) is 6.21. The number of thiazole rings is 1. The summed E-state index contributed by atoms with van der Waals surface area (Å²) in [6.07, 6.45) is 2.04. The molecule has 4 heteroatoms. The number of benzene rings is 1. The highest BCUT2D eigenvalue weighted by Crippen LogP contribution is 2.43. The molecule has 0 saturated carbocycles. The van der Waals surface area contributed by atoms with E-state index in [1.54, 1.807) is 18.4 Å². The van der Waals surface area contributed by atoms with Crippen LogP contribution in [0.25, 0.3) is 10.6 Å². The van der Waals surface area contributed by atoms with E-state index in [1.165, 1.54) is 10.6 Å². The molecule has 0 saturated heterocycles. The van der Waals surface area contributed by atoms with Gasteiger partial charge in [-0.15, -0.1) is 11.3 Å². The molecule has 0 amide bonds. The maximum absolute atomic E-state index is 6.32. The number of fused-ring (bicyclic) bond motifs is 1. The summed E-state index contributed by atoms with van der Waals surface area (Å²) < 4.78 is 5.28. The molecule has 1 aliphatic carbocycles. The molecule has 20 heavy (non-hydrogen) atoms. The third-order valence-corrected chi connectivity index (χ3v) is 5.08. The van der Waals surface area contributed by atoms with Crippen LogP contribution in [0.3, 0.4) is 0 Å². The molecule has 1 heterocycles. The molecule has 3 nitrogen and oxygen atoms in total. The Hall–Kier alpha value is -1.39. The molecular weight excluding hydrogens is 268 g/mol. The average Bonchev–Trinajstić information content (AvgIpc) is 2.81. The molecule has 2 N–H and O–H groups in total. The van der Waals surface area contributed by atoms with Crippen molar-refractivity contribution < 1.29 is 4.74 Å². The molecule has 1 aromatic carbocycles. The van der Waals surface area contributed by atoms with Gasteiger partial charge in [0, 0.05) is 16.5 Å². The van der Waals surface area contributed by atoms with Gasteiger partial charge in [0.25, 0.3) is 0 Å². The van der Waals surface area contributed by atoms with Crippen LogP contribution in [0.15, 0.2) is 24.3 Å². The largest absolute Gasteiger partial charge is 0.497 e. The zero-order valence-electron chi connectivity index (χ0n) is 12.1. The highest BCUT2D eigenvalue weighted by Gasteiger charge is 2.33. The number of rotatable bonds is 2. The quantitative estimate of drug-likeness (QED) is 0.914. The summed E-state index contributed by atoms with van der Waals surface area (Å²) in [6, 6.07) is 8.17. The van der Waals surface area contributed by atoms with Crippen molar-refractivity contribution in [2.45, 2.75) is 32.7 Å². The fourth-order valence-corrected chi connectivity index (χ4v) is 3.95. The second kappa shape index (κ2) is 4.86. The van der Waals surface area contributed by atoms with Crippen molar-refractivity contribution in [1.29, 1.82) is 0 Å². The van der Waals surface area contributed by atoms with Crippen LogP contribution in [0.5, 0.6) is 5.75 Å². The molecule has 0 radical (unpaired) electrons. The van der Waals surface area contributed by atoms with Gasteiger partial charge in [-0.25, -0.2) is 4.98 Å². The highest BCUT2D eigenvalue weighted by atomic mass is 32.1. The molecule has 1 unspecified atom stereocenters. The molecule has 106 valence electrons. The number of nitrogens with two attached hydrogens (primary N) is 1. The van der Waals surface area contributed by atoms with Gasteiger partial charge in [-0.2, -0.15) is 0 Å². The number of aromatic nitrogens is 1. The summed E-state index contributed by atoms with van der Waals surface area (Å²) >= 11 is 1.72. The first kappa shape index (κ1) is 13.6. The van der Waals surface area contributed by atoms with Crippen molar-refractivity contribution in [3.63, 3.8) is 0 Å². The zero-order valence-corrected chi connectivity index (χ0v) is 13.0. The predicted octanol–water partition coefficient (Wildman–Crippen LogP) is 3.79. The lowest BCUT2D eigenvalue weighted by molar-refractivity contribution is 0.282. The van der Waals surface area contributed by atoms with Crippen LogP contribution in [-0.4, -0.2) is 12.1 Å². The van der Waals surface area contributed by atoms with Crippen molar-refractivity contribution in [3.05, 3.63) is 34.8 Å². The van der Waals surface area contributed by atoms with Gasteiger partial charge in [-0.1, -0.05) is 26.0 Å². The Labute approximate surface area is 123 Å². The average molecular weight is 288 g/mol. The van der Waals surface area contributed by atoms with Gasteiger partial charge in [0.05, 0.1) is 12.8 Å². The lowest BCUT2D eigenvalue weighted by Crippen LogP contribution is -2.28. The van der Waals surface area contributed by atoms with Crippen molar-refractivity contribution in [2.75, 3.05) is 7.11 Å². The van der Waals surface area contributed by atoms with Crippen LogP contribution in [0.2, 0.25) is 0 Å². The van der Waals surface area contributed by atoms with E-state index in [-0.39, 0.29) is 11.5 Å². The maximum atomic E-state index is 6.32. The first-order valence-electron chi connectivity index (χ1n) is 6.88. The molecule has 2 aromatic rings. The van der Waals surface area contributed by atoms with E-state index < -0.39 is 0 Å². The third kappa shape index (κ3) is 2.45. The van der Waals surface area contributed by atoms with Gasteiger partial charge in [0.15, 0.2) is 0 Å². The first-order valence-corrected chi connectivity index (χ1v) is 7.70. The SMILES string of the molecule is COc1cccc(-c2nc3c(s2)C(N)CC(C)(C)C3)c1. The van der Waals surface area contributed by atoms with Crippen LogP contribution in [0, 0.1) is 5.41 Å². The highest BCUT2D eigenvalue weighted by molar-refractivity contribution is 7.15. The van der Waals surface area contributed by atoms with Crippen molar-refractivity contribution in [2.24, 2.45) is 11.1 Å². The Morgan fingerprint density at radius 2 is 2.20 bits per heavy atom. The van der Waals surface area contributed by atoms with Crippen LogP contribution in [0.1, 0.15) is 36.9 Å². The lowest BCUT2D eigenvalue weighted by atomic mass is 9.77. The normalized spacial score (nSPS) is 20.5. The Bertz CT molecular complexity index is 633. The zero-order chi connectivity index (χ0) is 14.3. The Morgan fingerprint density at radius 3 is 2.95 bits per heavy atom. The molecule has 0 fully saturated rings. The molecule has 0 spiro atoms. The maximum Gasteiger partial charge on any atom is 0.124 e. The fraction of sp³-hybridized carbons (Fsp3) is 0.438. The minimum atomic E-state index is 0.116. The molecular formula is C16H20N2OS. The second-order valence-corrected chi connectivity index (χ2v) is 7.24. The summed E-state index contributed by atoms with van der Waals surface area (Å²) in [6.45, 7) is 4.53. The lowest BCUT2D eigenvalue weighted by Gasteiger charge is -2.32. The number of ether oxygens (including phenoxy) is 1. The smallest absolute Gasteiger partial charge is 0.124 e. The van der Waals surface area contributed by atoms with Gasteiger partial charge in [-0.05, 0) is 30.4 Å². The van der Waals surface area contributed by atoms with Crippen molar-refractivity contribution in [3.8, 4) is 16.3 Å². The Balaban J connectivity index is 2.01. The molecule has 0 aliphatic heterocycles. The molecule has 1 atom stereocenters. The van der Waals surface area contributed by atoms with E-state index in [9.17, 15) is 0 Å². The number of hydrogen-bond donors (Lipinski definition) is 1. The standard InChI is InChI=1S/C16H20N2OS/c1-16(2)8-12(17)14-13(9-16)18-15(20-14)10-5-4-6-11(7-10)19-3/h4-7,12H,8-9,17H2,1-3H3. The summed E-state index contributed by atoms with van der Waals surface area (Å²) in [7, 11) is 1.68. The molecule has 1 aromatic heterocycles. The van der Waals surface area contributed by atoms with E-state index in [4.69, 9.17) is 15.5 Å². The van der Waals surface area contributed by atoms with E-state index in [1.807, 2.05) is 18.2 Å². The van der Waals surface area contributed by atoms with Crippen LogP contribution >= 0.6 is 11.3 Å². The number of methoxy groups -OCH3 is 1. The van der Waals surface area contributed by atoms with E-state index >= 15 is 0 Å². The molecule has 1 aliphatic rings. The minimum absolute atomic E-state index is 0.116. The van der Waals surface area contributed by atoms with Gasteiger partial charge < -0.3 is 10.5 Å². The van der Waals surface area contributed by atoms with Crippen LogP contribution in [-0.2, 0) is 6.42 Å². The van der Waals surface area contributed by atoms with Crippen LogP contribution in [0.4, 0.5) is 0 Å². The topological polar surface area (TPSA) is 48.1 Å². The van der Waals surface area contributed by atoms with Gasteiger partial charge in [0.2, 0.25) is 0 Å². The van der Waals surface area contributed by atoms with Crippen molar-refractivity contribution in [1.82, 2.24) is 4.98 Å². The van der Waals surface area contributed by atoms with E-state index in [0.717, 1.165) is 29.2 Å². The van der Waals surface area contributed by atoms with E-state index in [0.29, 0.717) is 0 Å². The van der Waals surface area contributed by atoms with E-state index in [2.05, 4.69) is 19.9 Å². The van der Waals surface area contributed by atoms with Crippen molar-refractivity contribution >= 4 is 11.3 Å². The van der Waals surface area contributed by atoms with Gasteiger partial charge in [-0.3, -0.25) is 0 Å². The summed E-state index contributed by atoms with van der Waals surface area (Å²) in [5.74, 6) is 0.861. The molecule has 3 rings (SSSR count). The number of nitrogens with zero attached hydrogens (tertiary/aromatic N) is 1.